The van der Waals surface area contributed by atoms with E-state index >= 15 is 0 Å². The molecule has 0 bridgehead atoms. The molecular weight excluding hydrogens is 173 g/mol. The van der Waals surface area contributed by atoms with Gasteiger partial charge in [-0.15, -0.1) is 11.3 Å². The van der Waals surface area contributed by atoms with Gasteiger partial charge in [0.25, 0.3) is 0 Å². The molecule has 0 fully saturated rings. The molecule has 0 unspecified atom stereocenters. The first-order valence-corrected chi connectivity index (χ1v) is 4.44. The van der Waals surface area contributed by atoms with Gasteiger partial charge in [0.05, 0.1) is 16.1 Å². The highest BCUT2D eigenvalue weighted by molar-refractivity contribution is 7.11. The summed E-state index contributed by atoms with van der Waals surface area (Å²) in [6.07, 6.45) is 1.52. The van der Waals surface area contributed by atoms with Gasteiger partial charge >= 0.3 is 0 Å². The number of thiazole rings is 1. The van der Waals surface area contributed by atoms with E-state index in [1.165, 1.54) is 24.3 Å². The Kier molecular flexibility index (Phi) is 2.76. The van der Waals surface area contributed by atoms with Crippen molar-refractivity contribution in [1.82, 2.24) is 4.98 Å². The highest BCUT2D eigenvalue weighted by atomic mass is 32.1. The maximum Gasteiger partial charge on any atom is 0.105 e. The van der Waals surface area contributed by atoms with Gasteiger partial charge in [-0.05, 0) is 13.8 Å². The van der Waals surface area contributed by atoms with Crippen LogP contribution in [0.1, 0.15) is 17.5 Å². The monoisotopic (exact) mass is 183 g/mol. The van der Waals surface area contributed by atoms with Gasteiger partial charge in [-0.1, -0.05) is 12.7 Å². The smallest absolute Gasteiger partial charge is 0.105 e. The second kappa shape index (κ2) is 3.63. The fourth-order valence-corrected chi connectivity index (χ4v) is 1.84. The molecule has 1 heterocycles. The molecule has 1 aromatic rings. The number of hydrogen-bond acceptors (Lipinski definition) is 2. The fourth-order valence-electron chi connectivity index (χ4n) is 0.950. The van der Waals surface area contributed by atoms with Crippen LogP contribution >= 0.6 is 11.3 Å². The van der Waals surface area contributed by atoms with Crippen molar-refractivity contribution in [2.75, 3.05) is 0 Å². The van der Waals surface area contributed by atoms with E-state index in [9.17, 15) is 4.39 Å². The van der Waals surface area contributed by atoms with Gasteiger partial charge in [-0.2, -0.15) is 0 Å². The first-order valence-electron chi connectivity index (χ1n) is 3.56. The third kappa shape index (κ3) is 1.61. The number of allylic oxidation sites excluding steroid dienone is 3. The summed E-state index contributed by atoms with van der Waals surface area (Å²) in [5.41, 5.74) is 3.11. The molecule has 0 spiro atoms. The zero-order chi connectivity index (χ0) is 9.14. The van der Waals surface area contributed by atoms with Crippen molar-refractivity contribution in [2.24, 2.45) is 0 Å². The Morgan fingerprint density at radius 1 is 1.75 bits per heavy atom. The molecule has 1 nitrogen and oxygen atoms in total. The lowest BCUT2D eigenvalue weighted by Crippen LogP contribution is -1.82. The predicted molar refractivity (Wildman–Crippen MR) is 50.8 cm³/mol. The molecule has 0 amide bonds. The van der Waals surface area contributed by atoms with E-state index in [-0.39, 0.29) is 5.83 Å². The minimum atomic E-state index is -0.211. The molecule has 0 saturated carbocycles. The maximum absolute atomic E-state index is 12.9. The van der Waals surface area contributed by atoms with Crippen molar-refractivity contribution in [1.29, 1.82) is 0 Å². The molecule has 0 aliphatic rings. The minimum Gasteiger partial charge on any atom is -0.249 e. The minimum absolute atomic E-state index is 0.211. The lowest BCUT2D eigenvalue weighted by molar-refractivity contribution is 0.645. The first kappa shape index (κ1) is 9.13. The van der Waals surface area contributed by atoms with E-state index < -0.39 is 0 Å². The van der Waals surface area contributed by atoms with Crippen LogP contribution < -0.4 is 0 Å². The average Bonchev–Trinajstić information content (AvgIpc) is 2.38. The number of aryl methyl sites for hydroxylation is 1. The van der Waals surface area contributed by atoms with Crippen LogP contribution in [0.3, 0.4) is 0 Å². The Bertz CT molecular complexity index is 321. The summed E-state index contributed by atoms with van der Waals surface area (Å²) in [7, 11) is 0. The van der Waals surface area contributed by atoms with Gasteiger partial charge in [0.2, 0.25) is 0 Å². The quantitative estimate of drug-likeness (QED) is 0.641. The van der Waals surface area contributed by atoms with E-state index in [1.54, 1.807) is 5.51 Å². The van der Waals surface area contributed by atoms with Gasteiger partial charge in [0.15, 0.2) is 0 Å². The van der Waals surface area contributed by atoms with Crippen molar-refractivity contribution >= 4 is 16.9 Å². The highest BCUT2D eigenvalue weighted by Gasteiger charge is 2.07. The molecule has 0 saturated heterocycles. The Hall–Kier alpha value is -0.960. The van der Waals surface area contributed by atoms with Gasteiger partial charge < -0.3 is 0 Å². The van der Waals surface area contributed by atoms with Gasteiger partial charge in [0.1, 0.15) is 5.83 Å². The molecule has 0 atom stereocenters. The van der Waals surface area contributed by atoms with E-state index in [0.717, 1.165) is 10.6 Å². The first-order chi connectivity index (χ1) is 5.66. The molecule has 0 aromatic carbocycles. The number of nitrogens with zero attached hydrogens (tertiary/aromatic N) is 1. The van der Waals surface area contributed by atoms with Crippen molar-refractivity contribution in [3.05, 3.63) is 34.6 Å². The number of hydrogen-bond donors (Lipinski definition) is 0. The lowest BCUT2D eigenvalue weighted by Gasteiger charge is -1.98. The molecule has 1 aromatic heterocycles. The van der Waals surface area contributed by atoms with Crippen LogP contribution in [0.25, 0.3) is 5.57 Å². The van der Waals surface area contributed by atoms with Gasteiger partial charge in [0, 0.05) is 5.57 Å². The van der Waals surface area contributed by atoms with Crippen LogP contribution in [0.2, 0.25) is 0 Å². The number of aromatic nitrogens is 1. The summed E-state index contributed by atoms with van der Waals surface area (Å²) in [5.74, 6) is -0.211. The zero-order valence-electron chi connectivity index (χ0n) is 7.10. The Morgan fingerprint density at radius 2 is 2.42 bits per heavy atom. The molecule has 1 rings (SSSR count). The zero-order valence-corrected chi connectivity index (χ0v) is 7.91. The Balaban J connectivity index is 3.21. The summed E-state index contributed by atoms with van der Waals surface area (Å²) >= 11 is 1.43. The van der Waals surface area contributed by atoms with Crippen molar-refractivity contribution in [3.8, 4) is 0 Å². The summed E-state index contributed by atoms with van der Waals surface area (Å²) in [5, 5.41) is 0. The topological polar surface area (TPSA) is 12.9 Å². The molecule has 0 aliphatic carbocycles. The van der Waals surface area contributed by atoms with Crippen molar-refractivity contribution < 1.29 is 4.39 Å². The molecule has 3 heteroatoms. The summed E-state index contributed by atoms with van der Waals surface area (Å²) in [6, 6.07) is 0. The lowest BCUT2D eigenvalue weighted by atomic mass is 10.2. The van der Waals surface area contributed by atoms with Crippen molar-refractivity contribution in [3.63, 3.8) is 0 Å². The Labute approximate surface area is 75.3 Å². The number of rotatable bonds is 2. The normalized spacial score (nSPS) is 12.6. The summed E-state index contributed by atoms with van der Waals surface area (Å²) in [6.45, 7) is 6.85. The maximum atomic E-state index is 12.9. The van der Waals surface area contributed by atoms with Crippen LogP contribution in [0.5, 0.6) is 0 Å². The van der Waals surface area contributed by atoms with E-state index in [0.29, 0.717) is 5.57 Å². The molecular formula is C9H10FNS. The fraction of sp³-hybridized carbons (Fsp3) is 0.222. The summed E-state index contributed by atoms with van der Waals surface area (Å²) in [4.78, 5) is 4.90. The molecule has 0 aliphatic heterocycles. The van der Waals surface area contributed by atoms with Crippen LogP contribution in [-0.4, -0.2) is 4.98 Å². The van der Waals surface area contributed by atoms with E-state index in [1.807, 2.05) is 6.92 Å². The third-order valence-electron chi connectivity index (χ3n) is 1.57. The second-order valence-electron chi connectivity index (χ2n) is 2.42. The molecule has 64 valence electrons. The van der Waals surface area contributed by atoms with Crippen LogP contribution in [0.15, 0.2) is 24.0 Å². The van der Waals surface area contributed by atoms with Crippen LogP contribution in [0.4, 0.5) is 4.39 Å². The third-order valence-corrected chi connectivity index (χ3v) is 2.53. The van der Waals surface area contributed by atoms with E-state index in [4.69, 9.17) is 0 Å². The van der Waals surface area contributed by atoms with Gasteiger partial charge in [-0.25, -0.2) is 9.37 Å². The predicted octanol–water partition coefficient (Wildman–Crippen LogP) is 3.34. The average molecular weight is 183 g/mol. The van der Waals surface area contributed by atoms with E-state index in [2.05, 4.69) is 11.6 Å². The Morgan fingerprint density at radius 3 is 2.75 bits per heavy atom. The van der Waals surface area contributed by atoms with Crippen molar-refractivity contribution in [2.45, 2.75) is 13.8 Å². The summed E-state index contributed by atoms with van der Waals surface area (Å²) < 4.78 is 12.9. The van der Waals surface area contributed by atoms with Crippen LogP contribution in [-0.2, 0) is 0 Å². The molecule has 12 heavy (non-hydrogen) atoms. The molecule has 0 radical (unpaired) electrons. The largest absolute Gasteiger partial charge is 0.249 e. The number of halogens is 1. The SMILES string of the molecule is C=C/C(=C(\C)F)c1scnc1C. The highest BCUT2D eigenvalue weighted by Crippen LogP contribution is 2.26. The standard InChI is InChI=1S/C9H10FNS/c1-4-8(6(2)10)9-7(3)11-5-12-9/h4-5H,1H2,2-3H3/b8-6-. The molecule has 0 N–H and O–H groups in total. The van der Waals surface area contributed by atoms with Crippen LogP contribution in [0, 0.1) is 6.92 Å². The second-order valence-corrected chi connectivity index (χ2v) is 3.27. The van der Waals surface area contributed by atoms with Gasteiger partial charge in [-0.3, -0.25) is 0 Å².